The fraction of sp³-hybridized carbons (Fsp3) is 0.588. The molecule has 0 aromatic carbocycles. The third kappa shape index (κ3) is 4.60. The second-order valence-electron chi connectivity index (χ2n) is 6.04. The molecule has 3 amide bonds. The van der Waals surface area contributed by atoms with Crippen LogP contribution in [0.5, 0.6) is 0 Å². The molecule has 2 aliphatic heterocycles. The van der Waals surface area contributed by atoms with Crippen LogP contribution < -0.4 is 0 Å². The van der Waals surface area contributed by atoms with Crippen LogP contribution in [0.2, 0.25) is 0 Å². The second kappa shape index (κ2) is 8.66. The van der Waals surface area contributed by atoms with Crippen molar-refractivity contribution in [2.45, 2.75) is 25.5 Å². The fourth-order valence-electron chi connectivity index (χ4n) is 2.98. The average molecular weight is 351 g/mol. The number of carbonyl (C=O) groups is 3. The number of ether oxygens (including phenoxy) is 1. The molecule has 0 saturated carbocycles. The molecule has 0 bridgehead atoms. The van der Waals surface area contributed by atoms with Crippen LogP contribution in [0.4, 0.5) is 4.79 Å². The van der Waals surface area contributed by atoms with Gasteiger partial charge in [0.05, 0.1) is 18.7 Å². The van der Waals surface area contributed by atoms with Crippen molar-refractivity contribution in [1.82, 2.24) is 14.7 Å². The molecule has 0 spiro atoms. The van der Waals surface area contributed by atoms with E-state index in [0.29, 0.717) is 32.6 Å². The van der Waals surface area contributed by atoms with Gasteiger partial charge in [0.25, 0.3) is 0 Å². The number of β-amino-alcohol motifs (C(OH)–C–C–N with tert-alkyl or cyclic N) is 1. The molecule has 138 valence electrons. The Hall–Kier alpha value is -2.35. The first kappa shape index (κ1) is 19.0. The van der Waals surface area contributed by atoms with Gasteiger partial charge < -0.3 is 19.6 Å². The van der Waals surface area contributed by atoms with Crippen molar-refractivity contribution < 1.29 is 24.2 Å². The summed E-state index contributed by atoms with van der Waals surface area (Å²) in [5.74, 6) is -0.987. The molecule has 1 N–H and O–H groups in total. The Bertz CT molecular complexity index is 562. The summed E-state index contributed by atoms with van der Waals surface area (Å²) in [4.78, 5) is 40.3. The van der Waals surface area contributed by atoms with Crippen LogP contribution >= 0.6 is 0 Å². The lowest BCUT2D eigenvalue weighted by atomic mass is 10.2. The number of likely N-dealkylation sites (tertiary alicyclic amines) is 1. The van der Waals surface area contributed by atoms with Crippen molar-refractivity contribution >= 4 is 17.9 Å². The van der Waals surface area contributed by atoms with E-state index in [1.807, 2.05) is 6.92 Å². The molecular weight excluding hydrogens is 326 g/mol. The highest BCUT2D eigenvalue weighted by atomic mass is 16.6. The zero-order chi connectivity index (χ0) is 18.4. The highest BCUT2D eigenvalue weighted by molar-refractivity contribution is 6.35. The largest absolute Gasteiger partial charge is 0.445 e. The van der Waals surface area contributed by atoms with E-state index in [2.05, 4.69) is 6.58 Å². The topological polar surface area (TPSA) is 90.4 Å². The standard InChI is InChI=1S/C17H25N3O5/c1-3-10-25-17(24)20-12-14(21)11-13(20)6-5-7-19-9-8-18(4-2)15(22)16(19)23/h3,5-6,13-14,21H,1,4,7-12H2,2H3/b6-5+/t13-,14-/m1/s1. The molecule has 0 aliphatic carbocycles. The van der Waals surface area contributed by atoms with Crippen molar-refractivity contribution in [2.24, 2.45) is 0 Å². The second-order valence-corrected chi connectivity index (χ2v) is 6.04. The monoisotopic (exact) mass is 351 g/mol. The van der Waals surface area contributed by atoms with Gasteiger partial charge in [-0.3, -0.25) is 14.5 Å². The summed E-state index contributed by atoms with van der Waals surface area (Å²) in [6.07, 6.45) is 4.30. The van der Waals surface area contributed by atoms with E-state index in [1.165, 1.54) is 20.8 Å². The lowest BCUT2D eigenvalue weighted by Gasteiger charge is -2.32. The molecule has 0 aromatic rings. The van der Waals surface area contributed by atoms with Crippen LogP contribution in [-0.2, 0) is 14.3 Å². The summed E-state index contributed by atoms with van der Waals surface area (Å²) in [6.45, 7) is 7.48. The number of hydrogen-bond acceptors (Lipinski definition) is 5. The Kier molecular flexibility index (Phi) is 6.58. The predicted octanol–water partition coefficient (Wildman–Crippen LogP) is -0.00890. The first-order valence-corrected chi connectivity index (χ1v) is 8.45. The first-order valence-electron chi connectivity index (χ1n) is 8.45. The van der Waals surface area contributed by atoms with E-state index in [-0.39, 0.29) is 19.2 Å². The van der Waals surface area contributed by atoms with Crippen LogP contribution in [-0.4, -0.2) is 89.2 Å². The molecular formula is C17H25N3O5. The van der Waals surface area contributed by atoms with Crippen molar-refractivity contribution in [2.75, 3.05) is 39.3 Å². The molecule has 2 saturated heterocycles. The van der Waals surface area contributed by atoms with Crippen molar-refractivity contribution in [3.63, 3.8) is 0 Å². The van der Waals surface area contributed by atoms with Gasteiger partial charge in [-0.2, -0.15) is 0 Å². The molecule has 2 atom stereocenters. The number of rotatable bonds is 6. The van der Waals surface area contributed by atoms with E-state index < -0.39 is 24.0 Å². The van der Waals surface area contributed by atoms with Gasteiger partial charge in [-0.25, -0.2) is 4.79 Å². The van der Waals surface area contributed by atoms with E-state index >= 15 is 0 Å². The molecule has 2 heterocycles. The maximum absolute atomic E-state index is 12.0. The summed E-state index contributed by atoms with van der Waals surface area (Å²) in [7, 11) is 0. The number of aliphatic hydroxyl groups is 1. The Morgan fingerprint density at radius 1 is 1.32 bits per heavy atom. The maximum Gasteiger partial charge on any atom is 0.410 e. The number of nitrogens with zero attached hydrogens (tertiary/aromatic N) is 3. The average Bonchev–Trinajstić information content (AvgIpc) is 2.97. The molecule has 0 unspecified atom stereocenters. The van der Waals surface area contributed by atoms with Crippen molar-refractivity contribution in [3.8, 4) is 0 Å². The molecule has 2 fully saturated rings. The first-order chi connectivity index (χ1) is 12.0. The molecule has 25 heavy (non-hydrogen) atoms. The zero-order valence-electron chi connectivity index (χ0n) is 14.5. The third-order valence-electron chi connectivity index (χ3n) is 4.34. The van der Waals surface area contributed by atoms with Crippen LogP contribution in [0.25, 0.3) is 0 Å². The Morgan fingerprint density at radius 2 is 2.00 bits per heavy atom. The van der Waals surface area contributed by atoms with E-state index in [1.54, 1.807) is 12.2 Å². The maximum atomic E-state index is 12.0. The van der Waals surface area contributed by atoms with Crippen LogP contribution in [0.15, 0.2) is 24.8 Å². The fourth-order valence-corrected chi connectivity index (χ4v) is 2.98. The van der Waals surface area contributed by atoms with Crippen molar-refractivity contribution in [3.05, 3.63) is 24.8 Å². The Labute approximate surface area is 147 Å². The number of aliphatic hydroxyl groups excluding tert-OH is 1. The van der Waals surface area contributed by atoms with Gasteiger partial charge in [0.2, 0.25) is 0 Å². The van der Waals surface area contributed by atoms with Gasteiger partial charge in [0.1, 0.15) is 6.61 Å². The summed E-state index contributed by atoms with van der Waals surface area (Å²) in [5.41, 5.74) is 0. The predicted molar refractivity (Wildman–Crippen MR) is 90.6 cm³/mol. The zero-order valence-corrected chi connectivity index (χ0v) is 14.5. The van der Waals surface area contributed by atoms with Gasteiger partial charge in [0.15, 0.2) is 0 Å². The Balaban J connectivity index is 1.91. The lowest BCUT2D eigenvalue weighted by Crippen LogP contribution is -2.54. The van der Waals surface area contributed by atoms with Crippen molar-refractivity contribution in [1.29, 1.82) is 0 Å². The van der Waals surface area contributed by atoms with Crippen LogP contribution in [0.3, 0.4) is 0 Å². The number of likely N-dealkylation sites (N-methyl/N-ethyl adjacent to an activating group) is 1. The third-order valence-corrected chi connectivity index (χ3v) is 4.34. The SMILES string of the molecule is C=CCOC(=O)N1C[C@H](O)C[C@H]1/C=C/CN1CCN(CC)C(=O)C1=O. The van der Waals surface area contributed by atoms with Gasteiger partial charge in [-0.1, -0.05) is 24.8 Å². The molecule has 0 radical (unpaired) electrons. The summed E-state index contributed by atoms with van der Waals surface area (Å²) >= 11 is 0. The highest BCUT2D eigenvalue weighted by Gasteiger charge is 2.34. The molecule has 0 aromatic heterocycles. The molecule has 2 rings (SSSR count). The van der Waals surface area contributed by atoms with Crippen LogP contribution in [0, 0.1) is 0 Å². The minimum absolute atomic E-state index is 0.111. The minimum Gasteiger partial charge on any atom is -0.445 e. The number of amides is 3. The van der Waals surface area contributed by atoms with E-state index in [9.17, 15) is 19.5 Å². The quantitative estimate of drug-likeness (QED) is 0.537. The number of piperazine rings is 1. The van der Waals surface area contributed by atoms with Gasteiger partial charge >= 0.3 is 17.9 Å². The van der Waals surface area contributed by atoms with E-state index in [4.69, 9.17) is 4.74 Å². The summed E-state index contributed by atoms with van der Waals surface area (Å²) in [6, 6.07) is -0.296. The number of hydrogen-bond donors (Lipinski definition) is 1. The number of carbonyl (C=O) groups excluding carboxylic acids is 3. The lowest BCUT2D eigenvalue weighted by molar-refractivity contribution is -0.155. The van der Waals surface area contributed by atoms with Gasteiger partial charge in [-0.05, 0) is 13.3 Å². The van der Waals surface area contributed by atoms with Crippen LogP contribution in [0.1, 0.15) is 13.3 Å². The molecule has 8 heteroatoms. The normalized spacial score (nSPS) is 24.3. The highest BCUT2D eigenvalue weighted by Crippen LogP contribution is 2.20. The molecule has 2 aliphatic rings. The molecule has 8 nitrogen and oxygen atoms in total. The van der Waals surface area contributed by atoms with Gasteiger partial charge in [0, 0.05) is 26.2 Å². The smallest absolute Gasteiger partial charge is 0.410 e. The van der Waals surface area contributed by atoms with Gasteiger partial charge in [-0.15, -0.1) is 0 Å². The van der Waals surface area contributed by atoms with E-state index in [0.717, 1.165) is 0 Å². The minimum atomic E-state index is -0.609. The Morgan fingerprint density at radius 3 is 2.68 bits per heavy atom. The summed E-state index contributed by atoms with van der Waals surface area (Å²) < 4.78 is 5.01. The summed E-state index contributed by atoms with van der Waals surface area (Å²) in [5, 5.41) is 9.81.